The van der Waals surface area contributed by atoms with E-state index >= 15 is 0 Å². The quantitative estimate of drug-likeness (QED) is 0.552. The number of rotatable bonds is 6. The molecule has 142 valence electrons. The highest BCUT2D eigenvalue weighted by molar-refractivity contribution is 6.04. The van der Waals surface area contributed by atoms with E-state index in [0.29, 0.717) is 0 Å². The number of carbonyl (C=O) groups is 2. The van der Waals surface area contributed by atoms with Crippen molar-refractivity contribution in [2.24, 2.45) is 0 Å². The van der Waals surface area contributed by atoms with Gasteiger partial charge in [0.15, 0.2) is 6.29 Å². The van der Waals surface area contributed by atoms with Crippen LogP contribution in [-0.4, -0.2) is 57.2 Å². The lowest BCUT2D eigenvalue weighted by Crippen LogP contribution is -2.48. The number of carboxylic acid groups (broad SMARTS) is 1. The zero-order valence-corrected chi connectivity index (χ0v) is 14.0. The highest BCUT2D eigenvalue weighted by Gasteiger charge is 2.26. The maximum Gasteiger partial charge on any atom is 0.336 e. The van der Waals surface area contributed by atoms with Crippen LogP contribution < -0.4 is 5.32 Å². The zero-order valence-electron chi connectivity index (χ0n) is 14.0. The Hall–Kier alpha value is -3.31. The first-order valence-electron chi connectivity index (χ1n) is 7.97. The Labute approximate surface area is 152 Å². The molecule has 1 aliphatic rings. The SMILES string of the molecule is O=C(O)c1ccccc1C(=O)NC1COC(Cn2cc([N+](=O)[O-])cn2)OC1. The number of amides is 1. The summed E-state index contributed by atoms with van der Waals surface area (Å²) in [6.45, 7) is 0.459. The molecule has 2 aromatic rings. The van der Waals surface area contributed by atoms with Gasteiger partial charge in [0.05, 0.1) is 41.9 Å². The minimum Gasteiger partial charge on any atom is -0.478 e. The van der Waals surface area contributed by atoms with Crippen molar-refractivity contribution in [3.05, 3.63) is 57.9 Å². The van der Waals surface area contributed by atoms with Crippen molar-refractivity contribution in [1.29, 1.82) is 0 Å². The maximum absolute atomic E-state index is 12.3. The van der Waals surface area contributed by atoms with Gasteiger partial charge in [0, 0.05) is 0 Å². The fourth-order valence-corrected chi connectivity index (χ4v) is 2.56. The van der Waals surface area contributed by atoms with Crippen LogP contribution in [0, 0.1) is 10.1 Å². The molecule has 27 heavy (non-hydrogen) atoms. The summed E-state index contributed by atoms with van der Waals surface area (Å²) in [6, 6.07) is 5.44. The number of aromatic carboxylic acids is 1. The molecule has 2 N–H and O–H groups in total. The third-order valence-electron chi connectivity index (χ3n) is 3.87. The third kappa shape index (κ3) is 4.46. The van der Waals surface area contributed by atoms with Crippen LogP contribution in [0.3, 0.4) is 0 Å². The molecule has 1 saturated heterocycles. The van der Waals surface area contributed by atoms with Crippen molar-refractivity contribution < 1.29 is 29.1 Å². The molecule has 1 aliphatic heterocycles. The van der Waals surface area contributed by atoms with Gasteiger partial charge in [-0.3, -0.25) is 19.6 Å². The Kier molecular flexibility index (Phi) is 5.43. The molecule has 1 amide bonds. The van der Waals surface area contributed by atoms with Gasteiger partial charge < -0.3 is 19.9 Å². The Balaban J connectivity index is 1.53. The molecule has 2 heterocycles. The van der Waals surface area contributed by atoms with E-state index < -0.39 is 29.1 Å². The lowest BCUT2D eigenvalue weighted by Gasteiger charge is -2.29. The number of hydrogen-bond acceptors (Lipinski definition) is 7. The molecule has 0 aliphatic carbocycles. The summed E-state index contributed by atoms with van der Waals surface area (Å²) >= 11 is 0. The van der Waals surface area contributed by atoms with Crippen LogP contribution in [0.4, 0.5) is 5.69 Å². The van der Waals surface area contributed by atoms with Crippen molar-refractivity contribution >= 4 is 17.6 Å². The topological polar surface area (TPSA) is 146 Å². The van der Waals surface area contributed by atoms with Gasteiger partial charge in [-0.2, -0.15) is 5.10 Å². The molecule has 0 radical (unpaired) electrons. The van der Waals surface area contributed by atoms with Crippen molar-refractivity contribution in [3.63, 3.8) is 0 Å². The van der Waals surface area contributed by atoms with E-state index in [0.717, 1.165) is 6.20 Å². The van der Waals surface area contributed by atoms with Gasteiger partial charge >= 0.3 is 11.7 Å². The van der Waals surface area contributed by atoms with Crippen LogP contribution in [0.1, 0.15) is 20.7 Å². The molecule has 11 heteroatoms. The predicted octanol–water partition coefficient (Wildman–Crippen LogP) is 0.661. The third-order valence-corrected chi connectivity index (χ3v) is 3.87. The summed E-state index contributed by atoms with van der Waals surface area (Å²) in [4.78, 5) is 33.6. The van der Waals surface area contributed by atoms with E-state index in [4.69, 9.17) is 14.6 Å². The second-order valence-corrected chi connectivity index (χ2v) is 5.80. The average molecular weight is 376 g/mol. The summed E-state index contributed by atoms with van der Waals surface area (Å²) in [5.41, 5.74) is -0.171. The van der Waals surface area contributed by atoms with Gasteiger partial charge in [-0.1, -0.05) is 12.1 Å². The van der Waals surface area contributed by atoms with Crippen LogP contribution in [0.2, 0.25) is 0 Å². The first kappa shape index (κ1) is 18.5. The fourth-order valence-electron chi connectivity index (χ4n) is 2.56. The minimum atomic E-state index is -1.19. The Bertz CT molecular complexity index is 858. The van der Waals surface area contributed by atoms with Crippen LogP contribution in [0.25, 0.3) is 0 Å². The van der Waals surface area contributed by atoms with Gasteiger partial charge in [-0.15, -0.1) is 0 Å². The number of nitrogens with one attached hydrogen (secondary N) is 1. The van der Waals surface area contributed by atoms with Crippen molar-refractivity contribution in [2.45, 2.75) is 18.9 Å². The molecule has 1 aromatic carbocycles. The van der Waals surface area contributed by atoms with Crippen LogP contribution in [0.5, 0.6) is 0 Å². The van der Waals surface area contributed by atoms with Gasteiger partial charge in [0.1, 0.15) is 12.4 Å². The summed E-state index contributed by atoms with van der Waals surface area (Å²) in [6.07, 6.45) is 1.73. The molecule has 3 rings (SSSR count). The molecular formula is C16H16N4O7. The summed E-state index contributed by atoms with van der Waals surface area (Å²) in [7, 11) is 0. The van der Waals surface area contributed by atoms with E-state index in [1.54, 1.807) is 6.07 Å². The Morgan fingerprint density at radius 2 is 1.96 bits per heavy atom. The monoisotopic (exact) mass is 376 g/mol. The standard InChI is InChI=1S/C16H16N4O7/c21-15(12-3-1-2-4-13(12)16(22)23)18-10-8-26-14(27-9-10)7-19-6-11(5-17-19)20(24)25/h1-6,10,14H,7-9H2,(H,18,21)(H,22,23). The normalized spacial score (nSPS) is 19.4. The zero-order chi connectivity index (χ0) is 19.4. The molecule has 0 saturated carbocycles. The number of benzene rings is 1. The van der Waals surface area contributed by atoms with Gasteiger partial charge in [-0.25, -0.2) is 4.79 Å². The van der Waals surface area contributed by atoms with Crippen molar-refractivity contribution in [3.8, 4) is 0 Å². The van der Waals surface area contributed by atoms with E-state index in [1.807, 2.05) is 0 Å². The van der Waals surface area contributed by atoms with Crippen molar-refractivity contribution in [2.75, 3.05) is 13.2 Å². The number of carbonyl (C=O) groups excluding carboxylic acids is 1. The summed E-state index contributed by atoms with van der Waals surface area (Å²) in [5.74, 6) is -1.73. The van der Waals surface area contributed by atoms with E-state index in [1.165, 1.54) is 29.1 Å². The molecule has 0 unspecified atom stereocenters. The van der Waals surface area contributed by atoms with Gasteiger partial charge in [-0.05, 0) is 12.1 Å². The number of carboxylic acids is 1. The highest BCUT2D eigenvalue weighted by atomic mass is 16.7. The minimum absolute atomic E-state index is 0.0518. The summed E-state index contributed by atoms with van der Waals surface area (Å²) < 4.78 is 12.3. The van der Waals surface area contributed by atoms with E-state index in [-0.39, 0.29) is 36.6 Å². The predicted molar refractivity (Wildman–Crippen MR) is 89.2 cm³/mol. The van der Waals surface area contributed by atoms with E-state index in [2.05, 4.69) is 10.4 Å². The molecule has 0 spiro atoms. The fraction of sp³-hybridized carbons (Fsp3) is 0.312. The van der Waals surface area contributed by atoms with Crippen LogP contribution in [-0.2, 0) is 16.0 Å². The maximum atomic E-state index is 12.3. The average Bonchev–Trinajstić information content (AvgIpc) is 3.12. The molecular weight excluding hydrogens is 360 g/mol. The Morgan fingerprint density at radius 1 is 1.30 bits per heavy atom. The molecule has 11 nitrogen and oxygen atoms in total. The van der Waals surface area contributed by atoms with Gasteiger partial charge in [0.25, 0.3) is 5.91 Å². The number of ether oxygens (including phenoxy) is 2. The number of nitro groups is 1. The van der Waals surface area contributed by atoms with Crippen LogP contribution >= 0.6 is 0 Å². The molecule has 1 fully saturated rings. The lowest BCUT2D eigenvalue weighted by molar-refractivity contribution is -0.385. The smallest absolute Gasteiger partial charge is 0.336 e. The summed E-state index contributed by atoms with van der Waals surface area (Å²) in [5, 5.41) is 26.3. The highest BCUT2D eigenvalue weighted by Crippen LogP contribution is 2.13. The number of aromatic nitrogens is 2. The number of nitrogens with zero attached hydrogens (tertiary/aromatic N) is 3. The van der Waals surface area contributed by atoms with E-state index in [9.17, 15) is 19.7 Å². The lowest BCUT2D eigenvalue weighted by atomic mass is 10.1. The molecule has 1 aromatic heterocycles. The Morgan fingerprint density at radius 3 is 2.56 bits per heavy atom. The largest absolute Gasteiger partial charge is 0.478 e. The van der Waals surface area contributed by atoms with Crippen LogP contribution in [0.15, 0.2) is 36.7 Å². The first-order chi connectivity index (χ1) is 12.9. The second kappa shape index (κ2) is 7.93. The first-order valence-corrected chi connectivity index (χ1v) is 7.97. The molecule has 0 atom stereocenters. The number of hydrogen-bond donors (Lipinski definition) is 2. The van der Waals surface area contributed by atoms with Crippen molar-refractivity contribution in [1.82, 2.24) is 15.1 Å². The molecule has 0 bridgehead atoms. The van der Waals surface area contributed by atoms with Gasteiger partial charge in [0.2, 0.25) is 0 Å². The second-order valence-electron chi connectivity index (χ2n) is 5.80.